The van der Waals surface area contributed by atoms with E-state index in [-0.39, 0.29) is 19.4 Å². The Balaban J connectivity index is 2.76. The number of hydrogen-bond donors (Lipinski definition) is 6. The van der Waals surface area contributed by atoms with Crippen LogP contribution in [0.5, 0.6) is 0 Å². The fourth-order valence-electron chi connectivity index (χ4n) is 9.11. The Labute approximate surface area is 446 Å². The lowest BCUT2D eigenvalue weighted by Crippen LogP contribution is -2.61. The van der Waals surface area contributed by atoms with Crippen LogP contribution in [-0.4, -0.2) is 99.6 Å². The third-order valence-electron chi connectivity index (χ3n) is 13.9. The van der Waals surface area contributed by atoms with E-state index in [9.17, 15) is 35.1 Å². The van der Waals surface area contributed by atoms with Crippen molar-refractivity contribution in [1.29, 1.82) is 0 Å². The second kappa shape index (κ2) is 50.2. The van der Waals surface area contributed by atoms with Gasteiger partial charge in [-0.25, -0.2) is 0 Å². The zero-order valence-corrected chi connectivity index (χ0v) is 46.7. The van der Waals surface area contributed by atoms with Crippen LogP contribution in [0.2, 0.25) is 0 Å². The molecule has 1 heterocycles. The summed E-state index contributed by atoms with van der Waals surface area (Å²) in [5.74, 6) is -1.25. The molecule has 0 saturated carbocycles. The van der Waals surface area contributed by atoms with Crippen molar-refractivity contribution in [3.8, 4) is 0 Å². The van der Waals surface area contributed by atoms with Crippen LogP contribution in [0.3, 0.4) is 0 Å². The lowest BCUT2D eigenvalue weighted by atomic mass is 9.99. The molecule has 0 bridgehead atoms. The van der Waals surface area contributed by atoms with Crippen LogP contribution in [0, 0.1) is 0 Å². The van der Waals surface area contributed by atoms with E-state index in [4.69, 9.17) is 14.2 Å². The van der Waals surface area contributed by atoms with Gasteiger partial charge in [0, 0.05) is 6.42 Å². The Bertz CT molecular complexity index is 1420. The molecule has 8 atom stereocenters. The summed E-state index contributed by atoms with van der Waals surface area (Å²) in [6.45, 7) is 5.73. The smallest absolute Gasteiger partial charge is 0.306 e. The number of unbranched alkanes of at least 4 members (excludes halogenated alkanes) is 28. The quantitative estimate of drug-likeness (QED) is 0.0195. The van der Waals surface area contributed by atoms with Crippen molar-refractivity contribution in [1.82, 2.24) is 5.32 Å². The molecule has 0 aromatic carbocycles. The van der Waals surface area contributed by atoms with Gasteiger partial charge in [0.15, 0.2) is 12.4 Å². The molecule has 1 saturated heterocycles. The number of aliphatic hydroxyl groups excluding tert-OH is 5. The predicted octanol–water partition coefficient (Wildman–Crippen LogP) is 13.8. The molecule has 6 N–H and O–H groups in total. The Kier molecular flexibility index (Phi) is 47.0. The van der Waals surface area contributed by atoms with Crippen molar-refractivity contribution >= 4 is 11.9 Å². The number of amides is 1. The van der Waals surface area contributed by atoms with Gasteiger partial charge in [-0.1, -0.05) is 248 Å². The zero-order valence-electron chi connectivity index (χ0n) is 46.7. The molecule has 424 valence electrons. The molecule has 1 aliphatic heterocycles. The third kappa shape index (κ3) is 38.5. The second-order valence-corrected chi connectivity index (χ2v) is 20.7. The number of ether oxygens (including phenoxy) is 3. The number of hydrogen-bond acceptors (Lipinski definition) is 10. The number of nitrogens with one attached hydrogen (secondary N) is 1. The van der Waals surface area contributed by atoms with Gasteiger partial charge in [0.25, 0.3) is 0 Å². The van der Waals surface area contributed by atoms with Gasteiger partial charge in [0.1, 0.15) is 24.4 Å². The van der Waals surface area contributed by atoms with Gasteiger partial charge in [0.05, 0.1) is 25.4 Å². The first-order chi connectivity index (χ1) is 35.7. The van der Waals surface area contributed by atoms with Crippen LogP contribution in [0.1, 0.15) is 258 Å². The van der Waals surface area contributed by atoms with E-state index in [1.54, 1.807) is 6.08 Å². The highest BCUT2D eigenvalue weighted by Crippen LogP contribution is 2.26. The largest absolute Gasteiger partial charge is 0.454 e. The summed E-state index contributed by atoms with van der Waals surface area (Å²) >= 11 is 0. The predicted molar refractivity (Wildman–Crippen MR) is 301 cm³/mol. The minimum Gasteiger partial charge on any atom is -0.454 e. The van der Waals surface area contributed by atoms with E-state index >= 15 is 0 Å². The van der Waals surface area contributed by atoms with Crippen molar-refractivity contribution in [3.05, 3.63) is 60.8 Å². The maximum absolute atomic E-state index is 13.4. The lowest BCUT2D eigenvalue weighted by Gasteiger charge is -2.41. The molecule has 0 spiro atoms. The lowest BCUT2D eigenvalue weighted by molar-refractivity contribution is -0.305. The van der Waals surface area contributed by atoms with Crippen LogP contribution in [-0.2, 0) is 23.8 Å². The molecule has 0 aromatic rings. The summed E-state index contributed by atoms with van der Waals surface area (Å²) in [6, 6.07) is -1.05. The Morgan fingerprint density at radius 3 is 1.44 bits per heavy atom. The molecule has 73 heavy (non-hydrogen) atoms. The number of carbonyl (C=O) groups is 2. The number of aliphatic hydroxyl groups is 5. The second-order valence-electron chi connectivity index (χ2n) is 20.7. The van der Waals surface area contributed by atoms with Crippen molar-refractivity contribution in [2.24, 2.45) is 0 Å². The maximum Gasteiger partial charge on any atom is 0.306 e. The van der Waals surface area contributed by atoms with E-state index in [1.165, 1.54) is 148 Å². The van der Waals surface area contributed by atoms with Gasteiger partial charge in [-0.2, -0.15) is 0 Å². The van der Waals surface area contributed by atoms with Crippen LogP contribution in [0.25, 0.3) is 0 Å². The number of rotatable bonds is 50. The molecule has 0 radical (unpaired) electrons. The molecular formula is C62H111NO10. The summed E-state index contributed by atoms with van der Waals surface area (Å²) in [5.41, 5.74) is 0. The van der Waals surface area contributed by atoms with Crippen LogP contribution in [0.15, 0.2) is 60.8 Å². The zero-order chi connectivity index (χ0) is 53.3. The summed E-state index contributed by atoms with van der Waals surface area (Å²) in [5, 5.41) is 56.8. The van der Waals surface area contributed by atoms with Gasteiger partial charge in [-0.3, -0.25) is 9.59 Å². The highest BCUT2D eigenvalue weighted by atomic mass is 16.7. The molecule has 1 aliphatic rings. The molecule has 8 unspecified atom stereocenters. The molecule has 1 amide bonds. The van der Waals surface area contributed by atoms with Gasteiger partial charge in [-0.05, 0) is 64.2 Å². The Morgan fingerprint density at radius 2 is 0.945 bits per heavy atom. The first kappa shape index (κ1) is 68.4. The van der Waals surface area contributed by atoms with E-state index in [0.29, 0.717) is 12.8 Å². The topological polar surface area (TPSA) is 175 Å². The SMILES string of the molecule is CCCCC/C=C\C/C=C\C/C=C\C/C=C\CCC(O)C(=O)NC(COC1OC(CO)C(O)C(O)C1OC(=O)CCCCCCCCCCCCCCCCC)C(O)/C=C/CCCCCCCCCCCCC. The van der Waals surface area contributed by atoms with E-state index < -0.39 is 67.4 Å². The first-order valence-electron chi connectivity index (χ1n) is 30.1. The molecule has 11 heteroatoms. The third-order valence-corrected chi connectivity index (χ3v) is 13.9. The molecule has 0 aliphatic carbocycles. The first-order valence-corrected chi connectivity index (χ1v) is 30.1. The van der Waals surface area contributed by atoms with E-state index in [0.717, 1.165) is 64.2 Å². The monoisotopic (exact) mass is 1030 g/mol. The number of allylic oxidation sites excluding steroid dienone is 9. The standard InChI is InChI=1S/C62H111NO10/c1-4-7-10-13-16-19-22-25-27-29-31-34-37-40-43-46-49-55(66)61(70)63-53(54(65)48-45-42-39-36-33-30-24-21-18-15-12-9-6-3)52-71-62-60(59(69)58(68)56(51-64)72-62)73-57(67)50-47-44-41-38-35-32-28-26-23-20-17-14-11-8-5-2/h16,19,25,27,31,34,40,43,45,48,53-56,58-60,62,64-66,68-69H,4-15,17-18,20-24,26,28-30,32-33,35-39,41-42,44,46-47,49-52H2,1-3H3,(H,63,70)/b19-16-,27-25-,34-31-,43-40-,48-45+. The fourth-order valence-corrected chi connectivity index (χ4v) is 9.11. The van der Waals surface area contributed by atoms with Gasteiger partial charge in [0.2, 0.25) is 5.91 Å². The minimum atomic E-state index is -1.62. The van der Waals surface area contributed by atoms with Crippen LogP contribution >= 0.6 is 0 Å². The van der Waals surface area contributed by atoms with Crippen molar-refractivity contribution in [3.63, 3.8) is 0 Å². The number of carbonyl (C=O) groups excluding carboxylic acids is 2. The van der Waals surface area contributed by atoms with Crippen LogP contribution < -0.4 is 5.32 Å². The summed E-state index contributed by atoms with van der Waals surface area (Å²) in [6.07, 6.45) is 51.2. The Morgan fingerprint density at radius 1 is 0.534 bits per heavy atom. The summed E-state index contributed by atoms with van der Waals surface area (Å²) in [4.78, 5) is 26.5. The molecule has 1 rings (SSSR count). The molecule has 11 nitrogen and oxygen atoms in total. The fraction of sp³-hybridized carbons (Fsp3) is 0.806. The average Bonchev–Trinajstić information content (AvgIpc) is 3.39. The van der Waals surface area contributed by atoms with E-state index in [2.05, 4.69) is 62.5 Å². The Hall–Kier alpha value is -2.64. The van der Waals surface area contributed by atoms with Gasteiger partial charge >= 0.3 is 5.97 Å². The van der Waals surface area contributed by atoms with Gasteiger partial charge < -0.3 is 45.1 Å². The minimum absolute atomic E-state index is 0.119. The molecule has 1 fully saturated rings. The van der Waals surface area contributed by atoms with Crippen molar-refractivity contribution in [2.75, 3.05) is 13.2 Å². The number of esters is 1. The van der Waals surface area contributed by atoms with Crippen molar-refractivity contribution in [2.45, 2.75) is 307 Å². The summed E-state index contributed by atoms with van der Waals surface area (Å²) < 4.78 is 17.6. The summed E-state index contributed by atoms with van der Waals surface area (Å²) in [7, 11) is 0. The van der Waals surface area contributed by atoms with Gasteiger partial charge in [-0.15, -0.1) is 0 Å². The van der Waals surface area contributed by atoms with Crippen LogP contribution in [0.4, 0.5) is 0 Å². The highest BCUT2D eigenvalue weighted by Gasteiger charge is 2.47. The molecular weight excluding hydrogens is 919 g/mol. The highest BCUT2D eigenvalue weighted by molar-refractivity contribution is 5.80. The average molecular weight is 1030 g/mol. The molecule has 0 aromatic heterocycles. The van der Waals surface area contributed by atoms with E-state index in [1.807, 2.05) is 18.2 Å². The van der Waals surface area contributed by atoms with Crippen molar-refractivity contribution < 1.29 is 49.3 Å². The maximum atomic E-state index is 13.4. The normalized spacial score (nSPS) is 19.8.